The van der Waals surface area contributed by atoms with Crippen LogP contribution in [-0.2, 0) is 4.79 Å². The van der Waals surface area contributed by atoms with Crippen LogP contribution in [0.5, 0.6) is 0 Å². The van der Waals surface area contributed by atoms with E-state index < -0.39 is 0 Å². The fourth-order valence-electron chi connectivity index (χ4n) is 2.86. The zero-order valence-corrected chi connectivity index (χ0v) is 10.9. The summed E-state index contributed by atoms with van der Waals surface area (Å²) in [6, 6.07) is 0.435. The zero-order valence-electron chi connectivity index (χ0n) is 9.30. The molecule has 1 atom stereocenters. The summed E-state index contributed by atoms with van der Waals surface area (Å²) in [5.74, 6) is 0.286. The first-order valence-corrected chi connectivity index (χ1v) is 6.16. The minimum atomic E-state index is 0.0645. The molecule has 0 aromatic heterocycles. The lowest BCUT2D eigenvalue weighted by Crippen LogP contribution is -2.33. The van der Waals surface area contributed by atoms with Gasteiger partial charge in [0.05, 0.1) is 4.83 Å². The zero-order chi connectivity index (χ0) is 10.7. The lowest BCUT2D eigenvalue weighted by Gasteiger charge is -2.18. The second-order valence-electron chi connectivity index (χ2n) is 5.63. The predicted octanol–water partition coefficient (Wildman–Crippen LogP) is 2.42. The molecular formula is C11H18BrNO. The number of nitrogens with zero attached hydrogens (tertiary/aromatic N) is 1. The Kier molecular flexibility index (Phi) is 2.05. The number of carbonyl (C=O) groups excluding carboxylic acids is 1. The molecule has 2 nitrogen and oxygen atoms in total. The average Bonchev–Trinajstić information content (AvgIpc) is 2.36. The molecule has 0 aromatic rings. The Hall–Kier alpha value is -0.0500. The van der Waals surface area contributed by atoms with Gasteiger partial charge in [-0.3, -0.25) is 4.79 Å². The Morgan fingerprint density at radius 1 is 1.29 bits per heavy atom. The molecule has 1 aliphatic carbocycles. The van der Waals surface area contributed by atoms with Crippen molar-refractivity contribution in [1.82, 2.24) is 4.90 Å². The molecule has 1 saturated heterocycles. The average molecular weight is 260 g/mol. The monoisotopic (exact) mass is 259 g/mol. The van der Waals surface area contributed by atoms with Crippen molar-refractivity contribution in [1.29, 1.82) is 0 Å². The molecule has 1 heterocycles. The lowest BCUT2D eigenvalue weighted by molar-refractivity contribution is -0.128. The lowest BCUT2D eigenvalue weighted by atomic mass is 10.0. The van der Waals surface area contributed by atoms with Gasteiger partial charge in [-0.05, 0) is 17.3 Å². The van der Waals surface area contributed by atoms with Crippen molar-refractivity contribution < 1.29 is 4.79 Å². The Morgan fingerprint density at radius 2 is 1.79 bits per heavy atom. The smallest absolute Gasteiger partial charge is 0.236 e. The summed E-state index contributed by atoms with van der Waals surface area (Å²) in [4.78, 5) is 14.0. The quantitative estimate of drug-likeness (QED) is 0.663. The molecule has 80 valence electrons. The van der Waals surface area contributed by atoms with E-state index in [4.69, 9.17) is 0 Å². The number of likely N-dealkylation sites (tertiary alicyclic amines) is 1. The highest BCUT2D eigenvalue weighted by Crippen LogP contribution is 2.65. The van der Waals surface area contributed by atoms with Gasteiger partial charge in [0.2, 0.25) is 5.91 Å². The second-order valence-corrected chi connectivity index (χ2v) is 6.74. The number of rotatable bonds is 1. The number of amides is 1. The highest BCUT2D eigenvalue weighted by Gasteiger charge is 2.68. The molecule has 2 aliphatic rings. The normalized spacial score (nSPS) is 35.1. The van der Waals surface area contributed by atoms with Crippen LogP contribution in [0, 0.1) is 10.8 Å². The van der Waals surface area contributed by atoms with E-state index in [0.29, 0.717) is 6.04 Å². The number of halogens is 1. The third-order valence-corrected chi connectivity index (χ3v) is 5.28. The first-order valence-electron chi connectivity index (χ1n) is 5.24. The van der Waals surface area contributed by atoms with Crippen molar-refractivity contribution in [3.05, 3.63) is 0 Å². The Morgan fingerprint density at radius 3 is 2.07 bits per heavy atom. The van der Waals surface area contributed by atoms with E-state index in [9.17, 15) is 4.79 Å². The molecule has 2 fully saturated rings. The summed E-state index contributed by atoms with van der Waals surface area (Å²) in [6.07, 6.45) is 0.960. The van der Waals surface area contributed by atoms with E-state index in [1.165, 1.54) is 0 Å². The van der Waals surface area contributed by atoms with Gasteiger partial charge in [0.15, 0.2) is 0 Å². The van der Waals surface area contributed by atoms with Gasteiger partial charge < -0.3 is 4.90 Å². The SMILES string of the molecule is CC1(C)C(N2CCC(Br)C2=O)C1(C)C. The molecule has 0 aromatic carbocycles. The van der Waals surface area contributed by atoms with E-state index >= 15 is 0 Å². The molecule has 1 saturated carbocycles. The van der Waals surface area contributed by atoms with Crippen molar-refractivity contribution in [3.63, 3.8) is 0 Å². The fourth-order valence-corrected chi connectivity index (χ4v) is 3.33. The molecule has 1 amide bonds. The molecule has 14 heavy (non-hydrogen) atoms. The van der Waals surface area contributed by atoms with Crippen LogP contribution in [0.25, 0.3) is 0 Å². The van der Waals surface area contributed by atoms with E-state index in [1.807, 2.05) is 0 Å². The van der Waals surface area contributed by atoms with Crippen LogP contribution >= 0.6 is 15.9 Å². The highest BCUT2D eigenvalue weighted by atomic mass is 79.9. The summed E-state index contributed by atoms with van der Waals surface area (Å²) in [7, 11) is 0. The van der Waals surface area contributed by atoms with Gasteiger partial charge >= 0.3 is 0 Å². The Bertz CT molecular complexity index is 271. The number of hydrogen-bond acceptors (Lipinski definition) is 1. The van der Waals surface area contributed by atoms with Crippen molar-refractivity contribution in [3.8, 4) is 0 Å². The largest absolute Gasteiger partial charge is 0.338 e. The van der Waals surface area contributed by atoms with Gasteiger partial charge in [0.25, 0.3) is 0 Å². The molecular weight excluding hydrogens is 242 g/mol. The van der Waals surface area contributed by atoms with Crippen LogP contribution in [0.2, 0.25) is 0 Å². The van der Waals surface area contributed by atoms with Crippen molar-refractivity contribution in [2.45, 2.75) is 45.0 Å². The first kappa shape index (κ1) is 10.5. The number of alkyl halides is 1. The van der Waals surface area contributed by atoms with Crippen molar-refractivity contribution >= 4 is 21.8 Å². The number of carbonyl (C=O) groups is 1. The van der Waals surface area contributed by atoms with E-state index in [0.717, 1.165) is 13.0 Å². The summed E-state index contributed by atoms with van der Waals surface area (Å²) < 4.78 is 0. The maximum Gasteiger partial charge on any atom is 0.236 e. The van der Waals surface area contributed by atoms with Crippen LogP contribution in [0.15, 0.2) is 0 Å². The number of hydrogen-bond donors (Lipinski definition) is 0. The van der Waals surface area contributed by atoms with Crippen LogP contribution < -0.4 is 0 Å². The van der Waals surface area contributed by atoms with Gasteiger partial charge in [0, 0.05) is 12.6 Å². The summed E-state index contributed by atoms with van der Waals surface area (Å²) >= 11 is 3.42. The Labute approximate surface area is 94.2 Å². The first-order chi connectivity index (χ1) is 6.30. The van der Waals surface area contributed by atoms with Crippen LogP contribution in [0.3, 0.4) is 0 Å². The van der Waals surface area contributed by atoms with Crippen LogP contribution in [0.4, 0.5) is 0 Å². The van der Waals surface area contributed by atoms with Gasteiger partial charge in [-0.15, -0.1) is 0 Å². The third kappa shape index (κ3) is 1.11. The molecule has 0 spiro atoms. The van der Waals surface area contributed by atoms with Crippen LogP contribution in [0.1, 0.15) is 34.1 Å². The van der Waals surface area contributed by atoms with E-state index in [1.54, 1.807) is 0 Å². The maximum atomic E-state index is 11.8. The maximum absolute atomic E-state index is 11.8. The summed E-state index contributed by atoms with van der Waals surface area (Å²) in [5.41, 5.74) is 0.555. The van der Waals surface area contributed by atoms with E-state index in [-0.39, 0.29) is 21.6 Å². The minimum Gasteiger partial charge on any atom is -0.338 e. The van der Waals surface area contributed by atoms with E-state index in [2.05, 4.69) is 48.5 Å². The fraction of sp³-hybridized carbons (Fsp3) is 0.909. The van der Waals surface area contributed by atoms with Crippen molar-refractivity contribution in [2.24, 2.45) is 10.8 Å². The van der Waals surface area contributed by atoms with Gasteiger partial charge in [-0.25, -0.2) is 0 Å². The molecule has 1 unspecified atom stereocenters. The highest BCUT2D eigenvalue weighted by molar-refractivity contribution is 9.10. The molecule has 0 radical (unpaired) electrons. The summed E-state index contributed by atoms with van der Waals surface area (Å²) in [6.45, 7) is 9.95. The Balaban J connectivity index is 2.17. The minimum absolute atomic E-state index is 0.0645. The van der Waals surface area contributed by atoms with Crippen molar-refractivity contribution in [2.75, 3.05) is 6.54 Å². The molecule has 3 heteroatoms. The van der Waals surface area contributed by atoms with Gasteiger partial charge in [-0.2, -0.15) is 0 Å². The van der Waals surface area contributed by atoms with Gasteiger partial charge in [0.1, 0.15) is 0 Å². The molecule has 1 aliphatic heterocycles. The topological polar surface area (TPSA) is 20.3 Å². The summed E-state index contributed by atoms with van der Waals surface area (Å²) in [5, 5.41) is 0. The van der Waals surface area contributed by atoms with Crippen LogP contribution in [-0.4, -0.2) is 28.2 Å². The molecule has 0 bridgehead atoms. The third-order valence-electron chi connectivity index (χ3n) is 4.43. The second kappa shape index (κ2) is 2.75. The predicted molar refractivity (Wildman–Crippen MR) is 60.4 cm³/mol. The molecule has 0 N–H and O–H groups in total. The van der Waals surface area contributed by atoms with Gasteiger partial charge in [-0.1, -0.05) is 43.6 Å². The standard InChI is InChI=1S/C11H18BrNO/c1-10(2)9(11(10,3)4)13-6-5-7(12)8(13)14/h7,9H,5-6H2,1-4H3. The molecule has 2 rings (SSSR count).